The van der Waals surface area contributed by atoms with Crippen molar-refractivity contribution in [1.82, 2.24) is 0 Å². The lowest BCUT2D eigenvalue weighted by molar-refractivity contribution is -0.136. The SMILES string of the molecule is C[B][B][B][B][B][B][B][B][B]CCC(=O)O. The van der Waals surface area contributed by atoms with Gasteiger partial charge in [-0.05, 0) is 0 Å². The molecular weight excluding hydrogens is 177 g/mol. The smallest absolute Gasteiger partial charge is 0.302 e. The Labute approximate surface area is 99.5 Å². The Hall–Kier alpha value is 0.0544. The van der Waals surface area contributed by atoms with Gasteiger partial charge in [0.05, 0.1) is 14.3 Å². The molecule has 0 amide bonds. The molecule has 0 heterocycles. The van der Waals surface area contributed by atoms with Crippen LogP contribution in [0.25, 0.3) is 0 Å². The van der Waals surface area contributed by atoms with E-state index >= 15 is 0 Å². The maximum Gasteiger partial charge on any atom is 0.302 e. The highest BCUT2D eigenvalue weighted by Crippen LogP contribution is 1.85. The fourth-order valence-electron chi connectivity index (χ4n) is 0.813. The van der Waals surface area contributed by atoms with Gasteiger partial charge in [0, 0.05) is 55.8 Å². The summed E-state index contributed by atoms with van der Waals surface area (Å²) in [5, 5.41) is 8.36. The quantitative estimate of drug-likeness (QED) is 0.287. The lowest BCUT2D eigenvalue weighted by Crippen LogP contribution is -2.31. The van der Waals surface area contributed by atoms with Crippen molar-refractivity contribution in [2.24, 2.45) is 0 Å². The van der Waals surface area contributed by atoms with E-state index in [9.17, 15) is 4.79 Å². The zero-order valence-corrected chi connectivity index (χ0v) is 8.97. The summed E-state index contributed by atoms with van der Waals surface area (Å²) in [6.07, 6.45) is 0.767. The summed E-state index contributed by atoms with van der Waals surface area (Å²) in [5.41, 5.74) is 0. The third kappa shape index (κ3) is 14.1. The molecule has 0 aromatic rings. The number of rotatable bonds is 11. The second-order valence-electron chi connectivity index (χ2n) is 2.85. The molecule has 0 aliphatic carbocycles. The van der Waals surface area contributed by atoms with Gasteiger partial charge < -0.3 is 5.11 Å². The first-order valence-electron chi connectivity index (χ1n) is 4.93. The molecule has 0 spiro atoms. The Kier molecular flexibility index (Phi) is 12.2. The van der Waals surface area contributed by atoms with Crippen molar-refractivity contribution in [2.45, 2.75) is 19.6 Å². The van der Waals surface area contributed by atoms with E-state index in [0.717, 1.165) is 0 Å². The predicted octanol–water partition coefficient (Wildman–Crippen LogP) is -2.41. The highest BCUT2D eigenvalue weighted by atomic mass is 16.4. The van der Waals surface area contributed by atoms with Crippen LogP contribution in [0.4, 0.5) is 0 Å². The summed E-state index contributed by atoms with van der Waals surface area (Å²) in [4.78, 5) is 10.2. The molecule has 0 aromatic heterocycles. The van der Waals surface area contributed by atoms with Crippen molar-refractivity contribution < 1.29 is 9.90 Å². The number of hydrogen-bond acceptors (Lipinski definition) is 1. The molecule has 1 N–H and O–H groups in total. The Balaban J connectivity index is 2.89. The van der Waals surface area contributed by atoms with E-state index in [1.165, 1.54) is 0 Å². The van der Waals surface area contributed by atoms with Crippen LogP contribution in [0.15, 0.2) is 0 Å². The molecule has 2 nitrogen and oxygen atoms in total. The highest BCUT2D eigenvalue weighted by Gasteiger charge is 1.99. The molecule has 0 bridgehead atoms. The third-order valence-corrected chi connectivity index (χ3v) is 1.52. The summed E-state index contributed by atoms with van der Waals surface area (Å²) in [5.74, 6) is -0.760. The Bertz CT molecular complexity index is 155. The fourth-order valence-corrected chi connectivity index (χ4v) is 0.813. The van der Waals surface area contributed by atoms with Crippen molar-refractivity contribution in [1.29, 1.82) is 0 Å². The Morgan fingerprint density at radius 1 is 1.00 bits per heavy atom. The molecule has 0 aromatic carbocycles. The molecule has 11 heteroatoms. The second-order valence-corrected chi connectivity index (χ2v) is 2.85. The molecule has 0 fully saturated rings. The van der Waals surface area contributed by atoms with Gasteiger partial charge in [-0.1, -0.05) is 6.32 Å². The average molecular weight is 185 g/mol. The third-order valence-electron chi connectivity index (χ3n) is 1.52. The van der Waals surface area contributed by atoms with Crippen molar-refractivity contribution in [3.8, 4) is 0 Å². The minimum absolute atomic E-state index is 0.190. The van der Waals surface area contributed by atoms with Crippen LogP contribution in [0, 0.1) is 0 Å². The molecule has 0 atom stereocenters. The first-order chi connectivity index (χ1) is 7.27. The summed E-state index contributed by atoms with van der Waals surface area (Å²) in [6.45, 7) is 1.96. The topological polar surface area (TPSA) is 37.3 Å². The van der Waals surface area contributed by atoms with E-state index < -0.39 is 5.97 Å². The maximum atomic E-state index is 10.2. The molecule has 0 aliphatic heterocycles. The summed E-state index contributed by atoms with van der Waals surface area (Å²) >= 11 is 0. The zero-order chi connectivity index (χ0) is 11.4. The predicted molar refractivity (Wildman–Crippen MR) is 74.7 cm³/mol. The lowest BCUT2D eigenvalue weighted by Gasteiger charge is -1.96. The normalized spacial score (nSPS) is 8.07. The van der Waals surface area contributed by atoms with E-state index in [1.54, 1.807) is 0 Å². The van der Waals surface area contributed by atoms with Crippen molar-refractivity contribution in [3.05, 3.63) is 0 Å². The summed E-state index contributed by atoms with van der Waals surface area (Å²) in [6, 6.07) is 0. The summed E-state index contributed by atoms with van der Waals surface area (Å²) in [7, 11) is 17.2. The lowest BCUT2D eigenvalue weighted by atomic mass is 8.89. The van der Waals surface area contributed by atoms with Gasteiger partial charge in [-0.3, -0.25) is 4.79 Å². The molecule has 0 saturated carbocycles. The molecule has 63 valence electrons. The highest BCUT2D eigenvalue weighted by molar-refractivity contribution is 7.67. The molecular formula is C4H8B9O2. The monoisotopic (exact) mass is 187 g/mol. The molecule has 0 aliphatic rings. The van der Waals surface area contributed by atoms with Crippen LogP contribution in [0.2, 0.25) is 13.1 Å². The molecule has 9 radical (unpaired) electrons. The van der Waals surface area contributed by atoms with Gasteiger partial charge >= 0.3 is 5.97 Å². The van der Waals surface area contributed by atoms with Crippen LogP contribution in [-0.4, -0.2) is 74.8 Å². The first kappa shape index (κ1) is 15.1. The van der Waals surface area contributed by atoms with Crippen LogP contribution in [0.3, 0.4) is 0 Å². The van der Waals surface area contributed by atoms with Gasteiger partial charge in [0.1, 0.15) is 0 Å². The Morgan fingerprint density at radius 3 is 2.07 bits per heavy atom. The average Bonchev–Trinajstić information content (AvgIpc) is 2.20. The molecule has 0 unspecified atom stereocenters. The standard InChI is InChI=1S/C4H8B9O2/c1-5-7-9-11-13-12-10-8-6-3-2-4(14)15/h2-3H2,1H3,(H,14,15). The zero-order valence-electron chi connectivity index (χ0n) is 8.97. The van der Waals surface area contributed by atoms with E-state index in [0.29, 0.717) is 6.32 Å². The van der Waals surface area contributed by atoms with E-state index in [4.69, 9.17) is 5.11 Å². The maximum absolute atomic E-state index is 10.2. The first-order valence-corrected chi connectivity index (χ1v) is 4.93. The van der Waals surface area contributed by atoms with Crippen molar-refractivity contribution >= 4 is 69.7 Å². The number of hydrogen-bond donors (Lipinski definition) is 1. The van der Waals surface area contributed by atoms with Crippen LogP contribution < -0.4 is 0 Å². The van der Waals surface area contributed by atoms with Crippen molar-refractivity contribution in [3.63, 3.8) is 0 Å². The molecule has 0 rings (SSSR count). The minimum Gasteiger partial charge on any atom is -0.481 e. The number of carboxylic acids is 1. The van der Waals surface area contributed by atoms with Gasteiger partial charge in [0.2, 0.25) is 0 Å². The van der Waals surface area contributed by atoms with Crippen LogP contribution >= 0.6 is 0 Å². The van der Waals surface area contributed by atoms with Gasteiger partial charge in [0.15, 0.2) is 0 Å². The molecule has 15 heavy (non-hydrogen) atoms. The van der Waals surface area contributed by atoms with Crippen LogP contribution in [0.1, 0.15) is 6.42 Å². The van der Waals surface area contributed by atoms with E-state index in [2.05, 4.69) is 0 Å². The van der Waals surface area contributed by atoms with E-state index in [-0.39, 0.29) is 6.42 Å². The van der Waals surface area contributed by atoms with Crippen molar-refractivity contribution in [2.75, 3.05) is 0 Å². The van der Waals surface area contributed by atoms with Gasteiger partial charge in [-0.25, -0.2) is 0 Å². The van der Waals surface area contributed by atoms with Gasteiger partial charge in [0.25, 0.3) is 0 Å². The van der Waals surface area contributed by atoms with Gasteiger partial charge in [-0.15, -0.1) is 6.82 Å². The number of aliphatic carboxylic acids is 1. The summed E-state index contributed by atoms with van der Waals surface area (Å²) < 4.78 is 0. The van der Waals surface area contributed by atoms with Gasteiger partial charge in [-0.2, -0.15) is 0 Å². The molecule has 0 saturated heterocycles. The number of carbonyl (C=O) groups is 1. The number of carboxylic acid groups (broad SMARTS) is 1. The second kappa shape index (κ2) is 12.1. The van der Waals surface area contributed by atoms with Crippen LogP contribution in [-0.2, 0) is 4.79 Å². The fraction of sp³-hybridized carbons (Fsp3) is 0.750. The Morgan fingerprint density at radius 2 is 1.53 bits per heavy atom. The van der Waals surface area contributed by atoms with Crippen LogP contribution in [0.5, 0.6) is 0 Å². The largest absolute Gasteiger partial charge is 0.481 e. The van der Waals surface area contributed by atoms with E-state index in [1.807, 2.05) is 70.6 Å². The minimum atomic E-state index is -0.760.